The fourth-order valence-electron chi connectivity index (χ4n) is 0. The molecule has 0 fully saturated rings. The molecule has 0 spiro atoms. The van der Waals surface area contributed by atoms with E-state index in [4.69, 9.17) is 0 Å². The second-order valence-electron chi connectivity index (χ2n) is 0.577. The van der Waals surface area contributed by atoms with Crippen LogP contribution in [-0.4, -0.2) is 13.7 Å². The molecule has 0 N–H and O–H groups in total. The molecule has 0 aliphatic carbocycles. The van der Waals surface area contributed by atoms with E-state index in [9.17, 15) is 0 Å². The van der Waals surface area contributed by atoms with Gasteiger partial charge in [-0.05, 0) is 6.92 Å². The maximum atomic E-state index is 4.54. The Morgan fingerprint density at radius 1 is 1.00 bits per heavy atom. The van der Waals surface area contributed by atoms with Gasteiger partial charge >= 0.3 is 0 Å². The van der Waals surface area contributed by atoms with Crippen molar-refractivity contribution in [1.29, 1.82) is 0 Å². The van der Waals surface area contributed by atoms with E-state index in [1.807, 2.05) is 20.8 Å². The number of hydrogen-bond acceptors (Lipinski definition) is 1. The van der Waals surface area contributed by atoms with Crippen molar-refractivity contribution in [1.82, 2.24) is 0 Å². The molecule has 0 aliphatic rings. The summed E-state index contributed by atoms with van der Waals surface area (Å²) < 4.78 is 4.54. The predicted molar refractivity (Wildman–Crippen MR) is 49.1 cm³/mol. The van der Waals surface area contributed by atoms with Crippen LogP contribution >= 0.6 is 0 Å². The monoisotopic (exact) mass is 138 g/mol. The number of rotatable bonds is 1. The molecular formula is C8H26O. The Labute approximate surface area is 62.4 Å². The zero-order valence-electron chi connectivity index (χ0n) is 5.12. The van der Waals surface area contributed by atoms with Crippen molar-refractivity contribution < 1.29 is 4.74 Å². The highest BCUT2D eigenvalue weighted by Gasteiger charge is 1.51. The van der Waals surface area contributed by atoms with E-state index >= 15 is 0 Å². The molecule has 0 amide bonds. The van der Waals surface area contributed by atoms with Gasteiger partial charge < -0.3 is 4.74 Å². The molecule has 0 saturated heterocycles. The largest absolute Gasteiger partial charge is 0.385 e. The smallest absolute Gasteiger partial charge is 0.0433 e. The third-order valence-electron chi connectivity index (χ3n) is 0.289. The molecule has 0 atom stereocenters. The van der Waals surface area contributed by atoms with Gasteiger partial charge in [0.1, 0.15) is 0 Å². The summed E-state index contributed by atoms with van der Waals surface area (Å²) in [6.45, 7) is 6.78. The van der Waals surface area contributed by atoms with E-state index in [2.05, 4.69) is 4.74 Å². The van der Waals surface area contributed by atoms with Crippen LogP contribution in [0.4, 0.5) is 0 Å². The third kappa shape index (κ3) is 307. The number of hydrogen-bond donors (Lipinski definition) is 0. The second-order valence-corrected chi connectivity index (χ2v) is 0.577. The topological polar surface area (TPSA) is 9.23 Å². The lowest BCUT2D eigenvalue weighted by atomic mass is 10.9. The molecule has 0 bridgehead atoms. The number of ether oxygens (including phenoxy) is 1. The maximum Gasteiger partial charge on any atom is 0.0433 e. The molecule has 0 aromatic carbocycles. The van der Waals surface area contributed by atoms with Crippen molar-refractivity contribution >= 4 is 0 Å². The van der Waals surface area contributed by atoms with Crippen LogP contribution in [0.1, 0.15) is 43.1 Å². The summed E-state index contributed by atoms with van der Waals surface area (Å²) in [5.41, 5.74) is 0. The van der Waals surface area contributed by atoms with Crippen LogP contribution < -0.4 is 0 Å². The van der Waals surface area contributed by atoms with E-state index in [0.29, 0.717) is 0 Å². The SMILES string of the molecule is C.C.C.CC.CCOC. The average Bonchev–Trinajstić information content (AvgIpc) is 1.72. The lowest BCUT2D eigenvalue weighted by Crippen LogP contribution is -1.73. The number of methoxy groups -OCH3 is 1. The molecule has 0 saturated carbocycles. The standard InChI is InChI=1S/C3H8O.C2H6.3CH4/c1-3-4-2;1-2;;;/h3H2,1-2H3;1-2H3;3*1H4. The molecule has 0 radical (unpaired) electrons. The molecular weight excluding hydrogens is 112 g/mol. The van der Waals surface area contributed by atoms with Gasteiger partial charge in [0.05, 0.1) is 0 Å². The van der Waals surface area contributed by atoms with Crippen LogP contribution in [0.25, 0.3) is 0 Å². The summed E-state index contributed by atoms with van der Waals surface area (Å²) in [6.07, 6.45) is 0. The van der Waals surface area contributed by atoms with Gasteiger partial charge in [-0.2, -0.15) is 0 Å². The van der Waals surface area contributed by atoms with E-state index in [-0.39, 0.29) is 22.3 Å². The van der Waals surface area contributed by atoms with Crippen molar-refractivity contribution in [3.63, 3.8) is 0 Å². The van der Waals surface area contributed by atoms with Gasteiger partial charge in [0, 0.05) is 13.7 Å². The minimum atomic E-state index is 0. The molecule has 64 valence electrons. The van der Waals surface area contributed by atoms with E-state index in [0.717, 1.165) is 6.61 Å². The van der Waals surface area contributed by atoms with Crippen LogP contribution in [0.15, 0.2) is 0 Å². The Hall–Kier alpha value is -0.0400. The van der Waals surface area contributed by atoms with Gasteiger partial charge in [0.2, 0.25) is 0 Å². The van der Waals surface area contributed by atoms with E-state index < -0.39 is 0 Å². The first-order valence-corrected chi connectivity index (χ1v) is 2.40. The molecule has 0 rings (SSSR count). The lowest BCUT2D eigenvalue weighted by Gasteiger charge is -1.76. The highest BCUT2D eigenvalue weighted by Crippen LogP contribution is 1.52. The Bertz CT molecular complexity index is 6.53. The normalized spacial score (nSPS) is 4.00. The third-order valence-corrected chi connectivity index (χ3v) is 0.289. The lowest BCUT2D eigenvalue weighted by molar-refractivity contribution is 0.215. The molecule has 1 nitrogen and oxygen atoms in total. The van der Waals surface area contributed by atoms with Crippen LogP contribution in [-0.2, 0) is 4.74 Å². The predicted octanol–water partition coefficient (Wildman–Crippen LogP) is 3.59. The summed E-state index contributed by atoms with van der Waals surface area (Å²) in [7, 11) is 1.68. The van der Waals surface area contributed by atoms with Gasteiger partial charge in [-0.25, -0.2) is 0 Å². The zero-order chi connectivity index (χ0) is 5.41. The zero-order valence-corrected chi connectivity index (χ0v) is 5.12. The van der Waals surface area contributed by atoms with Crippen LogP contribution in [0, 0.1) is 0 Å². The van der Waals surface area contributed by atoms with Crippen molar-refractivity contribution in [2.75, 3.05) is 13.7 Å². The molecule has 0 aromatic heterocycles. The molecule has 0 heterocycles. The van der Waals surface area contributed by atoms with Gasteiger partial charge in [0.15, 0.2) is 0 Å². The molecule has 1 heteroatoms. The van der Waals surface area contributed by atoms with Crippen molar-refractivity contribution in [3.8, 4) is 0 Å². The van der Waals surface area contributed by atoms with Crippen LogP contribution in [0.5, 0.6) is 0 Å². The van der Waals surface area contributed by atoms with E-state index in [1.165, 1.54) is 0 Å². The molecule has 0 unspecified atom stereocenters. The summed E-state index contributed by atoms with van der Waals surface area (Å²) in [5, 5.41) is 0. The molecule has 0 aliphatic heterocycles. The first-order valence-electron chi connectivity index (χ1n) is 2.40. The fraction of sp³-hybridized carbons (Fsp3) is 1.00. The van der Waals surface area contributed by atoms with Crippen molar-refractivity contribution in [2.45, 2.75) is 43.1 Å². The first kappa shape index (κ1) is 36.2. The van der Waals surface area contributed by atoms with E-state index in [1.54, 1.807) is 7.11 Å². The average molecular weight is 138 g/mol. The highest BCUT2D eigenvalue weighted by atomic mass is 16.5. The minimum Gasteiger partial charge on any atom is -0.385 e. The Morgan fingerprint density at radius 3 is 1.11 bits per heavy atom. The Balaban J connectivity index is -0.00000000990. The summed E-state index contributed by atoms with van der Waals surface area (Å²) in [5.74, 6) is 0. The first-order chi connectivity index (χ1) is 2.91. The van der Waals surface area contributed by atoms with Gasteiger partial charge in [-0.1, -0.05) is 36.1 Å². The molecule has 0 aromatic rings. The highest BCUT2D eigenvalue weighted by molar-refractivity contribution is 3.94. The van der Waals surface area contributed by atoms with Gasteiger partial charge in [0.25, 0.3) is 0 Å². The summed E-state index contributed by atoms with van der Waals surface area (Å²) >= 11 is 0. The quantitative estimate of drug-likeness (QED) is 0.538. The van der Waals surface area contributed by atoms with Gasteiger partial charge in [-0.15, -0.1) is 0 Å². The van der Waals surface area contributed by atoms with Crippen molar-refractivity contribution in [3.05, 3.63) is 0 Å². The molecule has 9 heavy (non-hydrogen) atoms. The van der Waals surface area contributed by atoms with Crippen molar-refractivity contribution in [2.24, 2.45) is 0 Å². The Morgan fingerprint density at radius 2 is 1.11 bits per heavy atom. The second kappa shape index (κ2) is 100. The maximum absolute atomic E-state index is 4.54. The van der Waals surface area contributed by atoms with Crippen LogP contribution in [0.3, 0.4) is 0 Å². The Kier molecular flexibility index (Phi) is 404. The minimum absolute atomic E-state index is 0. The van der Waals surface area contributed by atoms with Gasteiger partial charge in [-0.3, -0.25) is 0 Å². The fourth-order valence-corrected chi connectivity index (χ4v) is 0. The summed E-state index contributed by atoms with van der Waals surface area (Å²) in [4.78, 5) is 0. The van der Waals surface area contributed by atoms with Crippen LogP contribution in [0.2, 0.25) is 0 Å². The summed E-state index contributed by atoms with van der Waals surface area (Å²) in [6, 6.07) is 0.